The number of nitrogens with one attached hydrogen (secondary N) is 2. The number of amides is 3. The summed E-state index contributed by atoms with van der Waals surface area (Å²) in [6.45, 7) is 0.548. The first-order chi connectivity index (χ1) is 14.0. The lowest BCUT2D eigenvalue weighted by Crippen LogP contribution is -2.30. The van der Waals surface area contributed by atoms with E-state index >= 15 is 0 Å². The molecular weight excluding hydrogens is 386 g/mol. The van der Waals surface area contributed by atoms with Gasteiger partial charge in [-0.05, 0) is 60.5 Å². The summed E-state index contributed by atoms with van der Waals surface area (Å²) >= 11 is 5.87. The van der Waals surface area contributed by atoms with E-state index in [1.807, 2.05) is 30.3 Å². The standard InChI is InChI=1S/C23H22ClN3O2/c1-27(22(28)18-7-9-19(24)10-8-18)21-13-11-20(12-14-21)26-23(29)25-16-15-17-5-3-2-4-6-17/h2-14H,15-16H2,1H3,(H2,25,26,29). The fourth-order valence-corrected chi connectivity index (χ4v) is 2.94. The lowest BCUT2D eigenvalue weighted by atomic mass is 10.1. The second-order valence-electron chi connectivity index (χ2n) is 6.53. The predicted octanol–water partition coefficient (Wildman–Crippen LogP) is 4.98. The van der Waals surface area contributed by atoms with Gasteiger partial charge in [0.15, 0.2) is 0 Å². The minimum Gasteiger partial charge on any atom is -0.338 e. The molecule has 5 nitrogen and oxygen atoms in total. The fourth-order valence-electron chi connectivity index (χ4n) is 2.81. The van der Waals surface area contributed by atoms with Gasteiger partial charge < -0.3 is 15.5 Å². The van der Waals surface area contributed by atoms with Gasteiger partial charge in [-0.25, -0.2) is 4.79 Å². The molecule has 0 aromatic heterocycles. The molecular formula is C23H22ClN3O2. The Kier molecular flexibility index (Phi) is 6.87. The Balaban J connectivity index is 1.51. The maximum absolute atomic E-state index is 12.6. The average molecular weight is 408 g/mol. The first-order valence-electron chi connectivity index (χ1n) is 9.25. The highest BCUT2D eigenvalue weighted by molar-refractivity contribution is 6.30. The average Bonchev–Trinajstić information content (AvgIpc) is 2.74. The van der Waals surface area contributed by atoms with E-state index in [0.29, 0.717) is 22.8 Å². The molecule has 0 aliphatic rings. The molecule has 148 valence electrons. The molecule has 6 heteroatoms. The Morgan fingerprint density at radius 1 is 0.897 bits per heavy atom. The number of urea groups is 1. The van der Waals surface area contributed by atoms with Crippen LogP contribution in [0.15, 0.2) is 78.9 Å². The minimum absolute atomic E-state index is 0.138. The van der Waals surface area contributed by atoms with Crippen LogP contribution in [0.3, 0.4) is 0 Å². The molecule has 2 N–H and O–H groups in total. The molecule has 0 aliphatic heterocycles. The fraction of sp³-hybridized carbons (Fsp3) is 0.130. The monoisotopic (exact) mass is 407 g/mol. The Morgan fingerprint density at radius 3 is 2.21 bits per heavy atom. The normalized spacial score (nSPS) is 10.3. The zero-order valence-corrected chi connectivity index (χ0v) is 16.8. The smallest absolute Gasteiger partial charge is 0.319 e. The largest absolute Gasteiger partial charge is 0.338 e. The molecule has 29 heavy (non-hydrogen) atoms. The quantitative estimate of drug-likeness (QED) is 0.605. The zero-order chi connectivity index (χ0) is 20.6. The molecule has 0 heterocycles. The molecule has 3 rings (SSSR count). The van der Waals surface area contributed by atoms with Gasteiger partial charge in [0.05, 0.1) is 0 Å². The van der Waals surface area contributed by atoms with Crippen molar-refractivity contribution in [3.05, 3.63) is 95.0 Å². The predicted molar refractivity (Wildman–Crippen MR) is 118 cm³/mol. The molecule has 0 spiro atoms. The molecule has 0 aliphatic carbocycles. The van der Waals surface area contributed by atoms with E-state index in [2.05, 4.69) is 10.6 Å². The maximum Gasteiger partial charge on any atom is 0.319 e. The highest BCUT2D eigenvalue weighted by atomic mass is 35.5. The van der Waals surface area contributed by atoms with Crippen LogP contribution in [0.2, 0.25) is 5.02 Å². The highest BCUT2D eigenvalue weighted by Crippen LogP contribution is 2.19. The molecule has 0 fully saturated rings. The summed E-state index contributed by atoms with van der Waals surface area (Å²) in [6.07, 6.45) is 0.769. The molecule has 3 aromatic rings. The van der Waals surface area contributed by atoms with Crippen LogP contribution in [0.4, 0.5) is 16.2 Å². The summed E-state index contributed by atoms with van der Waals surface area (Å²) in [4.78, 5) is 26.2. The second-order valence-corrected chi connectivity index (χ2v) is 6.97. The summed E-state index contributed by atoms with van der Waals surface area (Å²) < 4.78 is 0. The van der Waals surface area contributed by atoms with E-state index in [4.69, 9.17) is 11.6 Å². The van der Waals surface area contributed by atoms with Gasteiger partial charge in [-0.2, -0.15) is 0 Å². The zero-order valence-electron chi connectivity index (χ0n) is 16.1. The first kappa shape index (κ1) is 20.4. The number of benzene rings is 3. The Labute approximate surface area is 175 Å². The van der Waals surface area contributed by atoms with Crippen LogP contribution in [0, 0.1) is 0 Å². The molecule has 0 radical (unpaired) electrons. The summed E-state index contributed by atoms with van der Waals surface area (Å²) in [5.74, 6) is -0.138. The number of nitrogens with zero attached hydrogens (tertiary/aromatic N) is 1. The molecule has 3 aromatic carbocycles. The van der Waals surface area contributed by atoms with Crippen LogP contribution in [-0.2, 0) is 6.42 Å². The van der Waals surface area contributed by atoms with Crippen molar-refractivity contribution in [1.82, 2.24) is 5.32 Å². The van der Waals surface area contributed by atoms with Crippen molar-refractivity contribution in [3.63, 3.8) is 0 Å². The van der Waals surface area contributed by atoms with Gasteiger partial charge in [0.2, 0.25) is 0 Å². The molecule has 0 saturated heterocycles. The van der Waals surface area contributed by atoms with Crippen molar-refractivity contribution in [2.75, 3.05) is 23.8 Å². The van der Waals surface area contributed by atoms with Crippen molar-refractivity contribution in [3.8, 4) is 0 Å². The van der Waals surface area contributed by atoms with Gasteiger partial charge in [0.25, 0.3) is 5.91 Å². The van der Waals surface area contributed by atoms with Crippen molar-refractivity contribution in [1.29, 1.82) is 0 Å². The van der Waals surface area contributed by atoms with E-state index in [-0.39, 0.29) is 11.9 Å². The Hall–Kier alpha value is -3.31. The van der Waals surface area contributed by atoms with Crippen LogP contribution >= 0.6 is 11.6 Å². The van der Waals surface area contributed by atoms with Gasteiger partial charge >= 0.3 is 6.03 Å². The van der Waals surface area contributed by atoms with Crippen LogP contribution < -0.4 is 15.5 Å². The SMILES string of the molecule is CN(C(=O)c1ccc(Cl)cc1)c1ccc(NC(=O)NCCc2ccccc2)cc1. The molecule has 0 saturated carbocycles. The third kappa shape index (κ3) is 5.83. The summed E-state index contributed by atoms with van der Waals surface area (Å²) in [5.41, 5.74) is 3.10. The topological polar surface area (TPSA) is 61.4 Å². The number of anilines is 2. The van der Waals surface area contributed by atoms with Gasteiger partial charge in [0, 0.05) is 35.6 Å². The van der Waals surface area contributed by atoms with Crippen LogP contribution in [0.5, 0.6) is 0 Å². The van der Waals surface area contributed by atoms with Crippen molar-refractivity contribution in [2.24, 2.45) is 0 Å². The lowest BCUT2D eigenvalue weighted by molar-refractivity contribution is 0.0993. The number of rotatable bonds is 6. The van der Waals surface area contributed by atoms with Crippen molar-refractivity contribution >= 4 is 34.9 Å². The van der Waals surface area contributed by atoms with E-state index in [1.54, 1.807) is 60.5 Å². The molecule has 0 bridgehead atoms. The van der Waals surface area contributed by atoms with Crippen LogP contribution in [-0.4, -0.2) is 25.5 Å². The highest BCUT2D eigenvalue weighted by Gasteiger charge is 2.13. The minimum atomic E-state index is -0.265. The van der Waals surface area contributed by atoms with Crippen molar-refractivity contribution < 1.29 is 9.59 Å². The van der Waals surface area contributed by atoms with E-state index in [1.165, 1.54) is 5.56 Å². The Morgan fingerprint density at radius 2 is 1.55 bits per heavy atom. The summed E-state index contributed by atoms with van der Waals surface area (Å²) in [5, 5.41) is 6.21. The third-order valence-electron chi connectivity index (χ3n) is 4.45. The molecule has 0 atom stereocenters. The first-order valence-corrected chi connectivity index (χ1v) is 9.63. The molecule has 3 amide bonds. The molecule has 0 unspecified atom stereocenters. The Bertz CT molecular complexity index is 958. The van der Waals surface area contributed by atoms with Gasteiger partial charge in [-0.3, -0.25) is 4.79 Å². The number of carbonyl (C=O) groups is 2. The van der Waals surface area contributed by atoms with E-state index < -0.39 is 0 Å². The third-order valence-corrected chi connectivity index (χ3v) is 4.70. The second kappa shape index (κ2) is 9.75. The summed E-state index contributed by atoms with van der Waals surface area (Å²) in [7, 11) is 1.70. The van der Waals surface area contributed by atoms with Crippen molar-refractivity contribution in [2.45, 2.75) is 6.42 Å². The maximum atomic E-state index is 12.6. The van der Waals surface area contributed by atoms with E-state index in [0.717, 1.165) is 12.1 Å². The lowest BCUT2D eigenvalue weighted by Gasteiger charge is -2.18. The summed E-state index contributed by atoms with van der Waals surface area (Å²) in [6, 6.07) is 23.6. The number of halogens is 1. The van der Waals surface area contributed by atoms with Gasteiger partial charge in [-0.15, -0.1) is 0 Å². The number of carbonyl (C=O) groups excluding carboxylic acids is 2. The number of hydrogen-bond acceptors (Lipinski definition) is 2. The van der Waals surface area contributed by atoms with E-state index in [9.17, 15) is 9.59 Å². The van der Waals surface area contributed by atoms with Gasteiger partial charge in [-0.1, -0.05) is 41.9 Å². The van der Waals surface area contributed by atoms with Crippen LogP contribution in [0.1, 0.15) is 15.9 Å². The number of hydrogen-bond donors (Lipinski definition) is 2. The van der Waals surface area contributed by atoms with Crippen LogP contribution in [0.25, 0.3) is 0 Å². The van der Waals surface area contributed by atoms with Gasteiger partial charge in [0.1, 0.15) is 0 Å².